The molecule has 0 fully saturated rings. The van der Waals surface area contributed by atoms with Crippen LogP contribution in [0.2, 0.25) is 0 Å². The van der Waals surface area contributed by atoms with E-state index in [1.54, 1.807) is 23.7 Å². The molecule has 0 saturated heterocycles. The minimum absolute atomic E-state index is 0.340. The predicted octanol–water partition coefficient (Wildman–Crippen LogP) is 4.27. The maximum absolute atomic E-state index is 12.8. The normalized spacial score (nSPS) is 10.3. The summed E-state index contributed by atoms with van der Waals surface area (Å²) in [6, 6.07) is 11.3. The molecular weight excluding hydrogens is 313 g/mol. The van der Waals surface area contributed by atoms with E-state index in [-0.39, 0.29) is 11.8 Å². The molecule has 23 heavy (non-hydrogen) atoms. The van der Waals surface area contributed by atoms with Crippen LogP contribution in [0.5, 0.6) is 0 Å². The van der Waals surface area contributed by atoms with E-state index in [4.69, 9.17) is 0 Å². The number of urea groups is 1. The highest BCUT2D eigenvalue weighted by molar-refractivity contribution is 7.13. The number of aromatic nitrogens is 1. The fourth-order valence-electron chi connectivity index (χ4n) is 2.05. The number of nitrogens with one attached hydrogen (secondary N) is 2. The van der Waals surface area contributed by atoms with Crippen molar-refractivity contribution >= 4 is 23.1 Å². The van der Waals surface area contributed by atoms with Gasteiger partial charge < -0.3 is 10.6 Å². The van der Waals surface area contributed by atoms with Crippen LogP contribution in [-0.2, 0) is 6.54 Å². The molecular formula is C17H14FN3OS. The Morgan fingerprint density at radius 3 is 2.74 bits per heavy atom. The highest BCUT2D eigenvalue weighted by Crippen LogP contribution is 2.24. The second-order valence-corrected chi connectivity index (χ2v) is 5.82. The molecule has 2 aromatic heterocycles. The molecule has 2 N–H and O–H groups in total. The van der Waals surface area contributed by atoms with E-state index in [0.29, 0.717) is 12.2 Å². The molecule has 3 rings (SSSR count). The van der Waals surface area contributed by atoms with E-state index < -0.39 is 0 Å². The standard InChI is InChI=1S/C17H14FN3OS/c18-14-3-5-15(6-4-14)21-17(22)20-10-12-8-13(11-19-9-12)16-2-1-7-23-16/h1-9,11H,10H2,(H2,20,21,22). The van der Waals surface area contributed by atoms with Gasteiger partial charge >= 0.3 is 6.03 Å². The van der Waals surface area contributed by atoms with Gasteiger partial charge in [0, 0.05) is 35.1 Å². The van der Waals surface area contributed by atoms with E-state index in [1.807, 2.05) is 23.6 Å². The molecule has 3 aromatic rings. The van der Waals surface area contributed by atoms with Gasteiger partial charge in [-0.2, -0.15) is 0 Å². The number of carbonyl (C=O) groups is 1. The molecule has 0 spiro atoms. The molecule has 116 valence electrons. The van der Waals surface area contributed by atoms with Crippen LogP contribution in [0, 0.1) is 5.82 Å². The number of benzene rings is 1. The number of rotatable bonds is 4. The molecule has 6 heteroatoms. The van der Waals surface area contributed by atoms with Crippen molar-refractivity contribution in [2.75, 3.05) is 5.32 Å². The van der Waals surface area contributed by atoms with Crippen LogP contribution in [0.1, 0.15) is 5.56 Å². The van der Waals surface area contributed by atoms with E-state index >= 15 is 0 Å². The molecule has 0 aliphatic rings. The molecule has 0 aliphatic heterocycles. The molecule has 4 nitrogen and oxygen atoms in total. The maximum atomic E-state index is 12.8. The first-order valence-electron chi connectivity index (χ1n) is 6.99. The minimum atomic E-state index is -0.349. The van der Waals surface area contributed by atoms with Crippen LogP contribution >= 0.6 is 11.3 Å². The Morgan fingerprint density at radius 2 is 2.00 bits per heavy atom. The Morgan fingerprint density at radius 1 is 1.17 bits per heavy atom. The van der Waals surface area contributed by atoms with Crippen LogP contribution in [-0.4, -0.2) is 11.0 Å². The lowest BCUT2D eigenvalue weighted by molar-refractivity contribution is 0.251. The molecule has 0 atom stereocenters. The van der Waals surface area contributed by atoms with E-state index in [2.05, 4.69) is 15.6 Å². The fourth-order valence-corrected chi connectivity index (χ4v) is 2.76. The van der Waals surface area contributed by atoms with Crippen molar-refractivity contribution in [1.29, 1.82) is 0 Å². The van der Waals surface area contributed by atoms with Gasteiger partial charge in [0.1, 0.15) is 5.82 Å². The summed E-state index contributed by atoms with van der Waals surface area (Å²) in [7, 11) is 0. The van der Waals surface area contributed by atoms with Crippen molar-refractivity contribution in [3.63, 3.8) is 0 Å². The Bertz CT molecular complexity index is 788. The van der Waals surface area contributed by atoms with Gasteiger partial charge in [-0.3, -0.25) is 4.98 Å². The van der Waals surface area contributed by atoms with E-state index in [9.17, 15) is 9.18 Å². The molecule has 0 bridgehead atoms. The Balaban J connectivity index is 1.58. The Hall–Kier alpha value is -2.73. The van der Waals surface area contributed by atoms with Crippen molar-refractivity contribution in [3.8, 4) is 10.4 Å². The molecule has 0 radical (unpaired) electrons. The SMILES string of the molecule is O=C(NCc1cncc(-c2cccs2)c1)Nc1ccc(F)cc1. The summed E-state index contributed by atoms with van der Waals surface area (Å²) in [5.74, 6) is -0.340. The minimum Gasteiger partial charge on any atom is -0.334 e. The van der Waals surface area contributed by atoms with Crippen molar-refractivity contribution in [3.05, 3.63) is 71.6 Å². The third kappa shape index (κ3) is 4.14. The molecule has 0 aliphatic carbocycles. The number of hydrogen-bond acceptors (Lipinski definition) is 3. The average molecular weight is 327 g/mol. The molecule has 2 heterocycles. The smallest absolute Gasteiger partial charge is 0.319 e. The van der Waals surface area contributed by atoms with Crippen LogP contribution in [0.25, 0.3) is 10.4 Å². The first kappa shape index (κ1) is 15.2. The number of carbonyl (C=O) groups excluding carboxylic acids is 1. The van der Waals surface area contributed by atoms with Gasteiger partial charge in [0.15, 0.2) is 0 Å². The van der Waals surface area contributed by atoms with Crippen LogP contribution < -0.4 is 10.6 Å². The zero-order chi connectivity index (χ0) is 16.1. The van der Waals surface area contributed by atoms with Gasteiger partial charge in [0.05, 0.1) is 0 Å². The predicted molar refractivity (Wildman–Crippen MR) is 89.8 cm³/mol. The van der Waals surface area contributed by atoms with Crippen LogP contribution in [0.4, 0.5) is 14.9 Å². The van der Waals surface area contributed by atoms with Crippen molar-refractivity contribution < 1.29 is 9.18 Å². The lowest BCUT2D eigenvalue weighted by Gasteiger charge is -2.08. The monoisotopic (exact) mass is 327 g/mol. The fraction of sp³-hybridized carbons (Fsp3) is 0.0588. The summed E-state index contributed by atoms with van der Waals surface area (Å²) in [5.41, 5.74) is 2.47. The van der Waals surface area contributed by atoms with Crippen molar-refractivity contribution in [2.45, 2.75) is 6.54 Å². The number of anilines is 1. The summed E-state index contributed by atoms with van der Waals surface area (Å²) >= 11 is 1.64. The summed E-state index contributed by atoms with van der Waals surface area (Å²) in [5, 5.41) is 7.41. The van der Waals surface area contributed by atoms with Gasteiger partial charge in [0.2, 0.25) is 0 Å². The average Bonchev–Trinajstić information content (AvgIpc) is 3.10. The van der Waals surface area contributed by atoms with Crippen molar-refractivity contribution in [2.24, 2.45) is 0 Å². The second kappa shape index (κ2) is 7.02. The van der Waals surface area contributed by atoms with Gasteiger partial charge in [0.25, 0.3) is 0 Å². The lowest BCUT2D eigenvalue weighted by atomic mass is 10.2. The largest absolute Gasteiger partial charge is 0.334 e. The number of amides is 2. The topological polar surface area (TPSA) is 54.0 Å². The molecule has 0 unspecified atom stereocenters. The van der Waals surface area contributed by atoms with Crippen LogP contribution in [0.15, 0.2) is 60.2 Å². The summed E-state index contributed by atoms with van der Waals surface area (Å²) in [6.07, 6.45) is 3.52. The van der Waals surface area contributed by atoms with Gasteiger partial charge in [-0.15, -0.1) is 11.3 Å². The number of pyridine rings is 1. The van der Waals surface area contributed by atoms with Gasteiger partial charge in [-0.05, 0) is 47.3 Å². The van der Waals surface area contributed by atoms with Gasteiger partial charge in [-0.1, -0.05) is 6.07 Å². The quantitative estimate of drug-likeness (QED) is 0.752. The summed E-state index contributed by atoms with van der Waals surface area (Å²) < 4.78 is 12.8. The number of hydrogen-bond donors (Lipinski definition) is 2. The second-order valence-electron chi connectivity index (χ2n) is 4.87. The first-order valence-corrected chi connectivity index (χ1v) is 7.87. The number of nitrogens with zero attached hydrogens (tertiary/aromatic N) is 1. The Labute approximate surface area is 137 Å². The molecule has 1 aromatic carbocycles. The van der Waals surface area contributed by atoms with Crippen LogP contribution in [0.3, 0.4) is 0 Å². The maximum Gasteiger partial charge on any atom is 0.319 e. The van der Waals surface area contributed by atoms with Crippen molar-refractivity contribution in [1.82, 2.24) is 10.3 Å². The molecule has 2 amide bonds. The lowest BCUT2D eigenvalue weighted by Crippen LogP contribution is -2.28. The Kier molecular flexibility index (Phi) is 4.63. The van der Waals surface area contributed by atoms with E-state index in [0.717, 1.165) is 16.0 Å². The zero-order valence-electron chi connectivity index (χ0n) is 12.1. The summed E-state index contributed by atoms with van der Waals surface area (Å²) in [4.78, 5) is 17.2. The highest BCUT2D eigenvalue weighted by Gasteiger charge is 2.04. The number of thiophene rings is 1. The summed E-state index contributed by atoms with van der Waals surface area (Å²) in [6.45, 7) is 0.360. The first-order chi connectivity index (χ1) is 11.2. The molecule has 0 saturated carbocycles. The third-order valence-corrected chi connectivity index (χ3v) is 4.07. The van der Waals surface area contributed by atoms with E-state index in [1.165, 1.54) is 24.3 Å². The third-order valence-electron chi connectivity index (χ3n) is 3.16. The highest BCUT2D eigenvalue weighted by atomic mass is 32.1. The van der Waals surface area contributed by atoms with Gasteiger partial charge in [-0.25, -0.2) is 9.18 Å². The zero-order valence-corrected chi connectivity index (χ0v) is 12.9. The number of halogens is 1.